The van der Waals surface area contributed by atoms with E-state index in [0.717, 1.165) is 0 Å². The standard InChI is InChI=1S/C14H21NO2/c1-10-7-11(2)13(12(3)8-10)9-15-14(17)5-4-6-16/h7-8,16H,4-6,9H2,1-3H3,(H,15,17). The van der Waals surface area contributed by atoms with Crippen LogP contribution < -0.4 is 5.32 Å². The Kier molecular flexibility index (Phi) is 5.16. The number of hydrogen-bond donors (Lipinski definition) is 2. The molecule has 1 aromatic rings. The van der Waals surface area contributed by atoms with E-state index in [4.69, 9.17) is 5.11 Å². The van der Waals surface area contributed by atoms with E-state index in [0.29, 0.717) is 19.4 Å². The third-order valence-electron chi connectivity index (χ3n) is 2.86. The topological polar surface area (TPSA) is 49.3 Å². The number of hydrogen-bond acceptors (Lipinski definition) is 2. The van der Waals surface area contributed by atoms with E-state index < -0.39 is 0 Å². The van der Waals surface area contributed by atoms with Crippen molar-refractivity contribution in [2.45, 2.75) is 40.2 Å². The maximum atomic E-state index is 11.4. The first-order valence-corrected chi connectivity index (χ1v) is 5.99. The molecule has 0 heterocycles. The van der Waals surface area contributed by atoms with Crippen molar-refractivity contribution in [1.29, 1.82) is 0 Å². The predicted octanol–water partition coefficient (Wildman–Crippen LogP) is 2.00. The van der Waals surface area contributed by atoms with Crippen molar-refractivity contribution < 1.29 is 9.90 Å². The van der Waals surface area contributed by atoms with Gasteiger partial charge in [-0.1, -0.05) is 17.7 Å². The van der Waals surface area contributed by atoms with E-state index in [9.17, 15) is 4.79 Å². The Labute approximate surface area is 103 Å². The number of amides is 1. The molecule has 2 N–H and O–H groups in total. The second kappa shape index (κ2) is 6.40. The van der Waals surface area contributed by atoms with Gasteiger partial charge in [-0.2, -0.15) is 0 Å². The fourth-order valence-electron chi connectivity index (χ4n) is 2.00. The molecule has 3 heteroatoms. The molecule has 94 valence electrons. The molecule has 17 heavy (non-hydrogen) atoms. The van der Waals surface area contributed by atoms with E-state index in [1.54, 1.807) is 0 Å². The van der Waals surface area contributed by atoms with Crippen molar-refractivity contribution in [2.24, 2.45) is 0 Å². The van der Waals surface area contributed by atoms with Crippen molar-refractivity contribution in [2.75, 3.05) is 6.61 Å². The zero-order chi connectivity index (χ0) is 12.8. The third kappa shape index (κ3) is 4.19. The number of benzene rings is 1. The lowest BCUT2D eigenvalue weighted by molar-refractivity contribution is -0.121. The van der Waals surface area contributed by atoms with Crippen molar-refractivity contribution in [3.63, 3.8) is 0 Å². The molecular formula is C14H21NO2. The molecule has 0 saturated carbocycles. The van der Waals surface area contributed by atoms with E-state index >= 15 is 0 Å². The summed E-state index contributed by atoms with van der Waals surface area (Å²) >= 11 is 0. The molecule has 1 rings (SSSR count). The molecule has 0 aromatic heterocycles. The van der Waals surface area contributed by atoms with E-state index in [-0.39, 0.29) is 12.5 Å². The molecule has 1 amide bonds. The average molecular weight is 235 g/mol. The van der Waals surface area contributed by atoms with E-state index in [1.807, 2.05) is 0 Å². The molecule has 0 aliphatic rings. The van der Waals surface area contributed by atoms with Gasteiger partial charge in [-0.15, -0.1) is 0 Å². The Bertz CT molecular complexity index is 376. The second-order valence-electron chi connectivity index (χ2n) is 4.48. The van der Waals surface area contributed by atoms with Crippen molar-refractivity contribution in [3.05, 3.63) is 34.4 Å². The number of rotatable bonds is 5. The highest BCUT2D eigenvalue weighted by molar-refractivity contribution is 5.75. The fraction of sp³-hybridized carbons (Fsp3) is 0.500. The number of aliphatic hydroxyl groups excluding tert-OH is 1. The maximum absolute atomic E-state index is 11.4. The van der Waals surface area contributed by atoms with Crippen LogP contribution in [-0.2, 0) is 11.3 Å². The summed E-state index contributed by atoms with van der Waals surface area (Å²) in [6, 6.07) is 4.25. The normalized spacial score (nSPS) is 10.4. The Morgan fingerprint density at radius 1 is 1.24 bits per heavy atom. The van der Waals surface area contributed by atoms with Crippen molar-refractivity contribution in [1.82, 2.24) is 5.32 Å². The second-order valence-corrected chi connectivity index (χ2v) is 4.48. The summed E-state index contributed by atoms with van der Waals surface area (Å²) in [5.74, 6) is -0.00146. The molecule has 0 unspecified atom stereocenters. The third-order valence-corrected chi connectivity index (χ3v) is 2.86. The van der Waals surface area contributed by atoms with Crippen LogP contribution in [-0.4, -0.2) is 17.6 Å². The molecule has 0 saturated heterocycles. The number of nitrogens with one attached hydrogen (secondary N) is 1. The van der Waals surface area contributed by atoms with Crippen LogP contribution in [0.15, 0.2) is 12.1 Å². The number of carbonyl (C=O) groups excluding carboxylic acids is 1. The summed E-state index contributed by atoms with van der Waals surface area (Å²) in [4.78, 5) is 11.4. The number of carbonyl (C=O) groups is 1. The van der Waals surface area contributed by atoms with Crippen LogP contribution in [0, 0.1) is 20.8 Å². The minimum atomic E-state index is -0.00146. The number of aryl methyl sites for hydroxylation is 3. The van der Waals surface area contributed by atoms with Gasteiger partial charge < -0.3 is 10.4 Å². The molecule has 1 aromatic carbocycles. The lowest BCUT2D eigenvalue weighted by Gasteiger charge is -2.12. The van der Waals surface area contributed by atoms with Gasteiger partial charge in [0.05, 0.1) is 0 Å². The van der Waals surface area contributed by atoms with Gasteiger partial charge in [-0.05, 0) is 43.9 Å². The Morgan fingerprint density at radius 3 is 2.35 bits per heavy atom. The quantitative estimate of drug-likeness (QED) is 0.820. The first-order chi connectivity index (χ1) is 8.04. The van der Waals surface area contributed by atoms with Gasteiger partial charge in [0.2, 0.25) is 5.91 Å². The largest absolute Gasteiger partial charge is 0.396 e. The molecule has 0 aliphatic heterocycles. The van der Waals surface area contributed by atoms with Crippen molar-refractivity contribution in [3.8, 4) is 0 Å². The maximum Gasteiger partial charge on any atom is 0.220 e. The summed E-state index contributed by atoms with van der Waals surface area (Å²) in [6.45, 7) is 6.84. The van der Waals surface area contributed by atoms with Gasteiger partial charge in [0.25, 0.3) is 0 Å². The van der Waals surface area contributed by atoms with Crippen LogP contribution >= 0.6 is 0 Å². The zero-order valence-corrected chi connectivity index (χ0v) is 10.8. The SMILES string of the molecule is Cc1cc(C)c(CNC(=O)CCCO)c(C)c1. The highest BCUT2D eigenvalue weighted by Crippen LogP contribution is 2.16. The zero-order valence-electron chi connectivity index (χ0n) is 10.8. The Morgan fingerprint density at radius 2 is 1.82 bits per heavy atom. The Balaban J connectivity index is 2.60. The fourth-order valence-corrected chi connectivity index (χ4v) is 2.00. The predicted molar refractivity (Wildman–Crippen MR) is 68.8 cm³/mol. The lowest BCUT2D eigenvalue weighted by atomic mass is 10.00. The van der Waals surface area contributed by atoms with Gasteiger partial charge >= 0.3 is 0 Å². The Hall–Kier alpha value is -1.35. The van der Waals surface area contributed by atoms with Crippen LogP contribution in [0.1, 0.15) is 35.1 Å². The summed E-state index contributed by atoms with van der Waals surface area (Å²) < 4.78 is 0. The van der Waals surface area contributed by atoms with Crippen molar-refractivity contribution >= 4 is 5.91 Å². The van der Waals surface area contributed by atoms with Gasteiger partial charge in [-0.25, -0.2) is 0 Å². The summed E-state index contributed by atoms with van der Waals surface area (Å²) in [7, 11) is 0. The monoisotopic (exact) mass is 235 g/mol. The van der Waals surface area contributed by atoms with Crippen LogP contribution in [0.4, 0.5) is 0 Å². The summed E-state index contributed by atoms with van der Waals surface area (Å²) in [6.07, 6.45) is 0.915. The molecular weight excluding hydrogens is 214 g/mol. The van der Waals surface area contributed by atoms with Crippen LogP contribution in [0.5, 0.6) is 0 Å². The van der Waals surface area contributed by atoms with E-state index in [1.165, 1.54) is 22.3 Å². The first-order valence-electron chi connectivity index (χ1n) is 5.99. The van der Waals surface area contributed by atoms with E-state index in [2.05, 4.69) is 38.2 Å². The summed E-state index contributed by atoms with van der Waals surface area (Å²) in [5, 5.41) is 11.5. The smallest absolute Gasteiger partial charge is 0.220 e. The first kappa shape index (κ1) is 13.7. The van der Waals surface area contributed by atoms with Gasteiger partial charge in [0.15, 0.2) is 0 Å². The molecule has 0 radical (unpaired) electrons. The molecule has 0 spiro atoms. The molecule has 0 fully saturated rings. The number of aliphatic hydroxyl groups is 1. The van der Waals surface area contributed by atoms with Gasteiger partial charge in [0, 0.05) is 19.6 Å². The molecule has 3 nitrogen and oxygen atoms in total. The van der Waals surface area contributed by atoms with Gasteiger partial charge in [0.1, 0.15) is 0 Å². The highest BCUT2D eigenvalue weighted by Gasteiger charge is 2.06. The molecule has 0 aliphatic carbocycles. The summed E-state index contributed by atoms with van der Waals surface area (Å²) in [5.41, 5.74) is 4.86. The van der Waals surface area contributed by atoms with Crippen LogP contribution in [0.25, 0.3) is 0 Å². The molecule has 0 bridgehead atoms. The van der Waals surface area contributed by atoms with Crippen LogP contribution in [0.3, 0.4) is 0 Å². The minimum absolute atomic E-state index is 0.00146. The minimum Gasteiger partial charge on any atom is -0.396 e. The lowest BCUT2D eigenvalue weighted by Crippen LogP contribution is -2.23. The highest BCUT2D eigenvalue weighted by atomic mass is 16.3. The average Bonchev–Trinajstić information content (AvgIpc) is 2.24. The van der Waals surface area contributed by atoms with Crippen LogP contribution in [0.2, 0.25) is 0 Å². The van der Waals surface area contributed by atoms with Gasteiger partial charge in [-0.3, -0.25) is 4.79 Å². The molecule has 0 atom stereocenters.